The first-order valence-electron chi connectivity index (χ1n) is 7.38. The minimum Gasteiger partial charge on any atom is -0.444 e. The highest BCUT2D eigenvalue weighted by atomic mass is 16.6. The number of piperidine rings is 1. The summed E-state index contributed by atoms with van der Waals surface area (Å²) in [4.78, 5) is 24.8. The van der Waals surface area contributed by atoms with Gasteiger partial charge in [0.25, 0.3) is 0 Å². The van der Waals surface area contributed by atoms with Gasteiger partial charge >= 0.3 is 6.09 Å². The molecule has 3 fully saturated rings. The number of ether oxygens (including phenoxy) is 1. The number of aromatic nitrogens is 2. The Morgan fingerprint density at radius 1 is 1.29 bits per heavy atom. The van der Waals surface area contributed by atoms with Gasteiger partial charge < -0.3 is 9.64 Å². The molecule has 1 aromatic rings. The van der Waals surface area contributed by atoms with Crippen molar-refractivity contribution in [2.24, 2.45) is 0 Å². The molecule has 114 valence electrons. The molecule has 6 nitrogen and oxygen atoms in total. The summed E-state index contributed by atoms with van der Waals surface area (Å²) in [5, 5.41) is 0. The Morgan fingerprint density at radius 2 is 1.95 bits per heavy atom. The summed E-state index contributed by atoms with van der Waals surface area (Å²) in [5.41, 5.74) is 0.521. The second-order valence-electron chi connectivity index (χ2n) is 6.85. The van der Waals surface area contributed by atoms with E-state index in [0.717, 1.165) is 31.0 Å². The third-order valence-corrected chi connectivity index (χ3v) is 3.91. The SMILES string of the molecule is Cc1cc(N2CC3CC(C2)N3C(=O)OC(C)(C)C)ncn1. The minimum absolute atomic E-state index is 0.192. The van der Waals surface area contributed by atoms with Crippen molar-refractivity contribution in [3.05, 3.63) is 18.1 Å². The Bertz CT molecular complexity index is 543. The average Bonchev–Trinajstić information content (AvgIpc) is 2.36. The molecule has 2 atom stereocenters. The standard InChI is InChI=1S/C15H22N4O2/c1-10-5-13(17-9-16-10)18-7-11-6-12(8-18)19(11)14(20)21-15(2,3)4/h5,9,11-12H,6-8H2,1-4H3. The Hall–Kier alpha value is -1.85. The predicted molar refractivity (Wildman–Crippen MR) is 79.2 cm³/mol. The normalized spacial score (nSPS) is 24.6. The smallest absolute Gasteiger partial charge is 0.410 e. The van der Waals surface area contributed by atoms with Gasteiger partial charge in [0, 0.05) is 24.8 Å². The number of carbonyl (C=O) groups is 1. The predicted octanol–water partition coefficient (Wildman–Crippen LogP) is 1.98. The number of anilines is 1. The summed E-state index contributed by atoms with van der Waals surface area (Å²) in [6.07, 6.45) is 2.46. The zero-order chi connectivity index (χ0) is 15.2. The van der Waals surface area contributed by atoms with Crippen LogP contribution in [0, 0.1) is 6.92 Å². The first kappa shape index (κ1) is 14.1. The highest BCUT2D eigenvalue weighted by molar-refractivity contribution is 5.71. The Morgan fingerprint density at radius 3 is 2.52 bits per heavy atom. The lowest BCUT2D eigenvalue weighted by molar-refractivity contribution is -0.0380. The van der Waals surface area contributed by atoms with Crippen LogP contribution in [-0.2, 0) is 4.74 Å². The maximum Gasteiger partial charge on any atom is 0.410 e. The zero-order valence-corrected chi connectivity index (χ0v) is 13.0. The van der Waals surface area contributed by atoms with E-state index < -0.39 is 5.60 Å². The molecule has 0 radical (unpaired) electrons. The maximum absolute atomic E-state index is 12.2. The van der Waals surface area contributed by atoms with E-state index in [1.807, 2.05) is 38.7 Å². The van der Waals surface area contributed by atoms with Gasteiger partial charge in [0.2, 0.25) is 0 Å². The van der Waals surface area contributed by atoms with Crippen LogP contribution in [0.15, 0.2) is 12.4 Å². The number of piperazine rings is 1. The van der Waals surface area contributed by atoms with Gasteiger partial charge in [0.1, 0.15) is 17.7 Å². The number of carbonyl (C=O) groups excluding carboxylic acids is 1. The number of amides is 1. The number of nitrogens with zero attached hydrogens (tertiary/aromatic N) is 4. The average molecular weight is 290 g/mol. The second-order valence-corrected chi connectivity index (χ2v) is 6.85. The number of aryl methyl sites for hydroxylation is 1. The van der Waals surface area contributed by atoms with Gasteiger partial charge in [-0.3, -0.25) is 4.90 Å². The molecular formula is C15H22N4O2. The molecule has 1 amide bonds. The molecule has 3 saturated heterocycles. The second kappa shape index (κ2) is 4.86. The van der Waals surface area contributed by atoms with Crippen molar-refractivity contribution >= 4 is 11.9 Å². The molecule has 2 bridgehead atoms. The monoisotopic (exact) mass is 290 g/mol. The number of hydrogen-bond donors (Lipinski definition) is 0. The third kappa shape index (κ3) is 2.80. The first-order chi connectivity index (χ1) is 9.83. The van der Waals surface area contributed by atoms with Gasteiger partial charge in [-0.05, 0) is 34.1 Å². The summed E-state index contributed by atoms with van der Waals surface area (Å²) in [6.45, 7) is 9.28. The summed E-state index contributed by atoms with van der Waals surface area (Å²) in [5.74, 6) is 0.945. The fourth-order valence-electron chi connectivity index (χ4n) is 3.02. The zero-order valence-electron chi connectivity index (χ0n) is 13.0. The van der Waals surface area contributed by atoms with Gasteiger partial charge in [0.05, 0.1) is 12.1 Å². The van der Waals surface area contributed by atoms with Crippen molar-refractivity contribution < 1.29 is 9.53 Å². The van der Waals surface area contributed by atoms with Crippen molar-refractivity contribution in [2.75, 3.05) is 18.0 Å². The van der Waals surface area contributed by atoms with Crippen molar-refractivity contribution in [3.8, 4) is 0 Å². The van der Waals surface area contributed by atoms with Crippen LogP contribution in [-0.4, -0.2) is 51.7 Å². The molecule has 3 aliphatic rings. The molecule has 21 heavy (non-hydrogen) atoms. The summed E-state index contributed by atoms with van der Waals surface area (Å²) >= 11 is 0. The van der Waals surface area contributed by atoms with Crippen molar-refractivity contribution in [1.82, 2.24) is 14.9 Å². The molecule has 0 spiro atoms. The van der Waals surface area contributed by atoms with Gasteiger partial charge in [-0.2, -0.15) is 0 Å². The van der Waals surface area contributed by atoms with Crippen LogP contribution in [0.5, 0.6) is 0 Å². The van der Waals surface area contributed by atoms with Crippen molar-refractivity contribution in [1.29, 1.82) is 0 Å². The Labute approximate surface area is 125 Å². The van der Waals surface area contributed by atoms with Crippen molar-refractivity contribution in [2.45, 2.75) is 51.8 Å². The van der Waals surface area contributed by atoms with Gasteiger partial charge in [-0.25, -0.2) is 14.8 Å². The summed E-state index contributed by atoms with van der Waals surface area (Å²) in [7, 11) is 0. The number of rotatable bonds is 1. The minimum atomic E-state index is -0.440. The number of fused-ring (bicyclic) bond motifs is 2. The highest BCUT2D eigenvalue weighted by Crippen LogP contribution is 2.35. The van der Waals surface area contributed by atoms with Crippen LogP contribution in [0.4, 0.5) is 10.6 Å². The lowest BCUT2D eigenvalue weighted by Gasteiger charge is -2.56. The summed E-state index contributed by atoms with van der Waals surface area (Å²) in [6, 6.07) is 2.45. The molecule has 6 heteroatoms. The molecule has 0 aliphatic carbocycles. The molecule has 0 saturated carbocycles. The van der Waals surface area contributed by atoms with E-state index >= 15 is 0 Å². The molecule has 4 rings (SSSR count). The number of hydrogen-bond acceptors (Lipinski definition) is 5. The van der Waals surface area contributed by atoms with Crippen LogP contribution < -0.4 is 4.90 Å². The van der Waals surface area contributed by atoms with E-state index in [4.69, 9.17) is 4.74 Å². The molecule has 1 aromatic heterocycles. The van der Waals surface area contributed by atoms with E-state index in [-0.39, 0.29) is 18.2 Å². The van der Waals surface area contributed by atoms with Crippen molar-refractivity contribution in [3.63, 3.8) is 0 Å². The van der Waals surface area contributed by atoms with E-state index in [2.05, 4.69) is 14.9 Å². The van der Waals surface area contributed by atoms with E-state index in [9.17, 15) is 4.79 Å². The van der Waals surface area contributed by atoms with Gasteiger partial charge in [-0.15, -0.1) is 0 Å². The van der Waals surface area contributed by atoms with E-state index in [0.29, 0.717) is 0 Å². The lowest BCUT2D eigenvalue weighted by Crippen LogP contribution is -2.70. The molecule has 2 unspecified atom stereocenters. The molecule has 3 aliphatic heterocycles. The van der Waals surface area contributed by atoms with Crippen LogP contribution in [0.3, 0.4) is 0 Å². The quantitative estimate of drug-likeness (QED) is 0.791. The van der Waals surface area contributed by atoms with Gasteiger partial charge in [-0.1, -0.05) is 0 Å². The fourth-order valence-corrected chi connectivity index (χ4v) is 3.02. The fraction of sp³-hybridized carbons (Fsp3) is 0.667. The molecular weight excluding hydrogens is 268 g/mol. The molecule has 0 aromatic carbocycles. The van der Waals surface area contributed by atoms with Gasteiger partial charge in [0.15, 0.2) is 0 Å². The van der Waals surface area contributed by atoms with Crippen LogP contribution in [0.1, 0.15) is 32.9 Å². The molecule has 0 N–H and O–H groups in total. The highest BCUT2D eigenvalue weighted by Gasteiger charge is 2.49. The van der Waals surface area contributed by atoms with Crippen LogP contribution >= 0.6 is 0 Å². The van der Waals surface area contributed by atoms with Crippen LogP contribution in [0.25, 0.3) is 0 Å². The topological polar surface area (TPSA) is 58.6 Å². The Balaban J connectivity index is 1.66. The maximum atomic E-state index is 12.2. The lowest BCUT2D eigenvalue weighted by atomic mass is 9.88. The van der Waals surface area contributed by atoms with E-state index in [1.54, 1.807) is 6.33 Å². The largest absolute Gasteiger partial charge is 0.444 e. The van der Waals surface area contributed by atoms with Crippen LogP contribution in [0.2, 0.25) is 0 Å². The Kier molecular flexibility index (Phi) is 3.26. The van der Waals surface area contributed by atoms with E-state index in [1.165, 1.54) is 0 Å². The first-order valence-corrected chi connectivity index (χ1v) is 7.38. The molecule has 4 heterocycles. The summed E-state index contributed by atoms with van der Waals surface area (Å²) < 4.78 is 5.48. The third-order valence-electron chi connectivity index (χ3n) is 3.91.